The molecule has 2 aromatic carbocycles. The van der Waals surface area contributed by atoms with E-state index in [0.29, 0.717) is 10.4 Å². The fraction of sp³-hybridized carbons (Fsp3) is 0.263. The lowest BCUT2D eigenvalue weighted by Crippen LogP contribution is -2.18. The number of aromatic nitrogens is 1. The minimum absolute atomic E-state index is 0.187. The maximum absolute atomic E-state index is 12.6. The summed E-state index contributed by atoms with van der Waals surface area (Å²) in [5, 5.41) is 0. The molecule has 0 spiro atoms. The zero-order valence-corrected chi connectivity index (χ0v) is 17.7. The molecule has 3 aromatic rings. The average Bonchev–Trinajstić information content (AvgIpc) is 2.95. The molecule has 0 unspecified atom stereocenters. The first-order valence-electron chi connectivity index (χ1n) is 8.28. The van der Waals surface area contributed by atoms with Crippen molar-refractivity contribution in [3.05, 3.63) is 58.4 Å². The molecule has 0 N–H and O–H groups in total. The van der Waals surface area contributed by atoms with Crippen LogP contribution in [-0.4, -0.2) is 37.2 Å². The number of aryl methyl sites for hydroxylation is 2. The van der Waals surface area contributed by atoms with E-state index in [1.54, 1.807) is 11.8 Å². The van der Waals surface area contributed by atoms with Gasteiger partial charge >= 0.3 is 0 Å². The van der Waals surface area contributed by atoms with E-state index in [4.69, 9.17) is 0 Å². The summed E-state index contributed by atoms with van der Waals surface area (Å²) in [7, 11) is -3.29. The van der Waals surface area contributed by atoms with Gasteiger partial charge in [-0.1, -0.05) is 17.4 Å². The van der Waals surface area contributed by atoms with Gasteiger partial charge < -0.3 is 4.57 Å². The van der Waals surface area contributed by atoms with Gasteiger partial charge in [-0.05, 0) is 55.1 Å². The number of thiazole rings is 1. The summed E-state index contributed by atoms with van der Waals surface area (Å²) >= 11 is 3.23. The number of fused-ring (bicyclic) bond motifs is 1. The van der Waals surface area contributed by atoms with E-state index in [-0.39, 0.29) is 10.8 Å². The van der Waals surface area contributed by atoms with E-state index in [1.807, 2.05) is 13.2 Å². The minimum Gasteiger partial charge on any atom is -0.316 e. The number of benzene rings is 2. The maximum atomic E-state index is 12.6. The Hall–Kier alpha value is -1.90. The highest BCUT2D eigenvalue weighted by Gasteiger charge is 2.11. The monoisotopic (exact) mass is 420 g/mol. The fourth-order valence-electron chi connectivity index (χ4n) is 2.66. The summed E-state index contributed by atoms with van der Waals surface area (Å²) < 4.78 is 26.3. The predicted molar refractivity (Wildman–Crippen MR) is 112 cm³/mol. The topological polar surface area (TPSA) is 68.5 Å². The molecule has 0 aliphatic heterocycles. The number of nitrogens with zero attached hydrogens (tertiary/aromatic N) is 2. The van der Waals surface area contributed by atoms with Gasteiger partial charge in [0.2, 0.25) is 0 Å². The Morgan fingerprint density at radius 2 is 1.89 bits per heavy atom. The number of amides is 1. The first-order chi connectivity index (χ1) is 12.8. The van der Waals surface area contributed by atoms with Crippen molar-refractivity contribution in [1.29, 1.82) is 0 Å². The van der Waals surface area contributed by atoms with E-state index in [9.17, 15) is 13.2 Å². The van der Waals surface area contributed by atoms with E-state index < -0.39 is 9.84 Å². The van der Waals surface area contributed by atoms with Crippen molar-refractivity contribution in [1.82, 2.24) is 4.57 Å². The second-order valence-electron chi connectivity index (χ2n) is 6.21. The van der Waals surface area contributed by atoms with Crippen LogP contribution in [-0.2, 0) is 16.4 Å². The number of carbonyl (C=O) groups is 1. The summed E-state index contributed by atoms with van der Waals surface area (Å²) in [5.74, 6) is 0.542. The molecule has 0 fully saturated rings. The number of hydrogen-bond acceptors (Lipinski definition) is 5. The molecule has 0 atom stereocenters. The van der Waals surface area contributed by atoms with Crippen molar-refractivity contribution < 1.29 is 13.2 Å². The first kappa shape index (κ1) is 19.9. The van der Waals surface area contributed by atoms with Gasteiger partial charge in [0.05, 0.1) is 15.1 Å². The Morgan fingerprint density at radius 1 is 1.19 bits per heavy atom. The molecule has 27 heavy (non-hydrogen) atoms. The molecular weight excluding hydrogens is 400 g/mol. The van der Waals surface area contributed by atoms with Crippen LogP contribution in [0.25, 0.3) is 10.2 Å². The summed E-state index contributed by atoms with van der Waals surface area (Å²) in [6.07, 6.45) is 3.19. The smallest absolute Gasteiger partial charge is 0.279 e. The van der Waals surface area contributed by atoms with Gasteiger partial charge in [-0.25, -0.2) is 8.42 Å². The molecule has 1 amide bonds. The zero-order chi connectivity index (χ0) is 19.6. The Balaban J connectivity index is 2.04. The molecule has 142 valence electrons. The maximum Gasteiger partial charge on any atom is 0.279 e. The van der Waals surface area contributed by atoms with Crippen molar-refractivity contribution in [2.45, 2.75) is 18.4 Å². The quantitative estimate of drug-likeness (QED) is 0.633. The van der Waals surface area contributed by atoms with Gasteiger partial charge in [-0.15, -0.1) is 0 Å². The van der Waals surface area contributed by atoms with E-state index in [0.717, 1.165) is 34.3 Å². The predicted octanol–water partition coefficient (Wildman–Crippen LogP) is 3.52. The molecule has 0 aliphatic carbocycles. The summed E-state index contributed by atoms with van der Waals surface area (Å²) in [4.78, 5) is 17.8. The lowest BCUT2D eigenvalue weighted by Gasteiger charge is -2.04. The Bertz CT molecular complexity index is 1160. The number of hydrogen-bond donors (Lipinski definition) is 0. The largest absolute Gasteiger partial charge is 0.316 e. The van der Waals surface area contributed by atoms with Gasteiger partial charge in [-0.3, -0.25) is 4.79 Å². The Labute approximate surface area is 166 Å². The molecule has 0 saturated carbocycles. The fourth-order valence-corrected chi connectivity index (χ4v) is 4.81. The van der Waals surface area contributed by atoms with Crippen molar-refractivity contribution in [3.63, 3.8) is 0 Å². The summed E-state index contributed by atoms with van der Waals surface area (Å²) in [6.45, 7) is 2.81. The number of thioether (sulfide) groups is 1. The number of carbonyl (C=O) groups excluding carboxylic acids is 1. The molecule has 0 bridgehead atoms. The average molecular weight is 421 g/mol. The normalized spacial score (nSPS) is 12.6. The van der Waals surface area contributed by atoms with Crippen LogP contribution in [0.15, 0.2) is 52.4 Å². The first-order valence-corrected chi connectivity index (χ1v) is 12.4. The number of rotatable bonds is 5. The van der Waals surface area contributed by atoms with Crippen LogP contribution >= 0.6 is 23.1 Å². The second kappa shape index (κ2) is 8.00. The van der Waals surface area contributed by atoms with Crippen LogP contribution in [0, 0.1) is 6.92 Å². The van der Waals surface area contributed by atoms with Crippen LogP contribution in [0.1, 0.15) is 15.9 Å². The molecule has 5 nitrogen and oxygen atoms in total. The zero-order valence-electron chi connectivity index (χ0n) is 15.3. The van der Waals surface area contributed by atoms with Crippen LogP contribution < -0.4 is 4.80 Å². The van der Waals surface area contributed by atoms with Crippen molar-refractivity contribution in [2.24, 2.45) is 4.99 Å². The van der Waals surface area contributed by atoms with E-state index in [2.05, 4.69) is 27.8 Å². The lowest BCUT2D eigenvalue weighted by molar-refractivity contribution is 0.0997. The third-order valence-corrected chi connectivity index (χ3v) is 6.84. The second-order valence-corrected chi connectivity index (χ2v) is 10.2. The van der Waals surface area contributed by atoms with Crippen LogP contribution in [0.4, 0.5) is 0 Å². The van der Waals surface area contributed by atoms with Gasteiger partial charge in [-0.2, -0.15) is 16.8 Å². The van der Waals surface area contributed by atoms with Crippen molar-refractivity contribution in [2.75, 3.05) is 18.3 Å². The Kier molecular flexibility index (Phi) is 5.88. The van der Waals surface area contributed by atoms with Gasteiger partial charge in [0.25, 0.3) is 5.91 Å². The summed E-state index contributed by atoms with van der Waals surface area (Å²) in [5.41, 5.74) is 2.60. The summed E-state index contributed by atoms with van der Waals surface area (Å²) in [6, 6.07) is 12.1. The molecule has 3 rings (SSSR count). The van der Waals surface area contributed by atoms with Crippen LogP contribution in [0.5, 0.6) is 0 Å². The van der Waals surface area contributed by atoms with E-state index >= 15 is 0 Å². The van der Waals surface area contributed by atoms with Crippen LogP contribution in [0.2, 0.25) is 0 Å². The van der Waals surface area contributed by atoms with Crippen molar-refractivity contribution >= 4 is 49.1 Å². The molecular formula is C19H20N2O3S3. The minimum atomic E-state index is -3.29. The van der Waals surface area contributed by atoms with E-state index in [1.165, 1.54) is 35.6 Å². The molecule has 1 heterocycles. The highest BCUT2D eigenvalue weighted by molar-refractivity contribution is 7.98. The highest BCUT2D eigenvalue weighted by atomic mass is 32.2. The molecule has 0 saturated heterocycles. The lowest BCUT2D eigenvalue weighted by atomic mass is 10.2. The number of sulfone groups is 1. The molecule has 1 aromatic heterocycles. The van der Waals surface area contributed by atoms with Crippen molar-refractivity contribution in [3.8, 4) is 0 Å². The van der Waals surface area contributed by atoms with Gasteiger partial charge in [0.15, 0.2) is 14.6 Å². The SMILES string of the molecule is CSCCn1c(=NC(=O)c2ccc(S(C)(=O)=O)cc2)sc2cc(C)ccc21. The highest BCUT2D eigenvalue weighted by Crippen LogP contribution is 2.19. The Morgan fingerprint density at radius 3 is 2.52 bits per heavy atom. The molecule has 0 aliphatic rings. The molecule has 0 radical (unpaired) electrons. The third kappa shape index (κ3) is 4.51. The van der Waals surface area contributed by atoms with Gasteiger partial charge in [0.1, 0.15) is 0 Å². The standard InChI is InChI=1S/C19H20N2O3S3/c1-13-4-9-16-17(12-13)26-19(21(16)10-11-25-2)20-18(22)14-5-7-15(8-6-14)27(3,23)24/h4-9,12H,10-11H2,1-3H3. The van der Waals surface area contributed by atoms with Crippen LogP contribution in [0.3, 0.4) is 0 Å². The van der Waals surface area contributed by atoms with Gasteiger partial charge in [0, 0.05) is 24.1 Å². The third-order valence-electron chi connectivity index (χ3n) is 4.08. The molecule has 8 heteroatoms.